The summed E-state index contributed by atoms with van der Waals surface area (Å²) in [7, 11) is 0. The van der Waals surface area contributed by atoms with E-state index in [1.165, 1.54) is 6.33 Å². The number of hydrogen-bond donors (Lipinski definition) is 2. The highest BCUT2D eigenvalue weighted by Gasteiger charge is 2.12. The van der Waals surface area contributed by atoms with Gasteiger partial charge in [-0.05, 0) is 24.3 Å². The number of fused-ring (bicyclic) bond motifs is 1. The second kappa shape index (κ2) is 5.82. The summed E-state index contributed by atoms with van der Waals surface area (Å²) in [4.78, 5) is 8.02. The van der Waals surface area contributed by atoms with Crippen molar-refractivity contribution in [1.82, 2.24) is 20.2 Å². The van der Waals surface area contributed by atoms with Crippen molar-refractivity contribution in [2.45, 2.75) is 0 Å². The van der Waals surface area contributed by atoms with Gasteiger partial charge in [0.25, 0.3) is 0 Å². The largest absolute Gasteiger partial charge is 0.457 e. The number of hydrogen-bond acceptors (Lipinski definition) is 5. The predicted molar refractivity (Wildman–Crippen MR) is 88.0 cm³/mol. The quantitative estimate of drug-likeness (QED) is 0.594. The smallest absolute Gasteiger partial charge is 0.186 e. The van der Waals surface area contributed by atoms with Crippen molar-refractivity contribution in [3.05, 3.63) is 60.4 Å². The van der Waals surface area contributed by atoms with Gasteiger partial charge in [0.2, 0.25) is 0 Å². The molecule has 4 rings (SSSR count). The fraction of sp³-hybridized carbons (Fsp3) is 0. The van der Waals surface area contributed by atoms with Crippen LogP contribution in [0.15, 0.2) is 48.8 Å². The lowest BCUT2D eigenvalue weighted by molar-refractivity contribution is 0.468. The molecule has 8 heteroatoms. The molecule has 0 amide bonds. The Bertz CT molecular complexity index is 1040. The summed E-state index contributed by atoms with van der Waals surface area (Å²) in [5.74, 6) is -0.571. The Labute approximate surface area is 140 Å². The molecule has 0 saturated carbocycles. The van der Waals surface area contributed by atoms with E-state index in [2.05, 4.69) is 20.2 Å². The number of aromatic amines is 1. The molecule has 2 aromatic heterocycles. The normalized spacial score (nSPS) is 11.0. The number of nitrogens with one attached hydrogen (secondary N) is 1. The molecular formula is C17H11F2N5O. The first kappa shape index (κ1) is 15.0. The van der Waals surface area contributed by atoms with Gasteiger partial charge in [-0.3, -0.25) is 5.10 Å². The minimum atomic E-state index is -0.703. The van der Waals surface area contributed by atoms with Gasteiger partial charge in [0.15, 0.2) is 5.65 Å². The molecule has 0 aliphatic heterocycles. The van der Waals surface area contributed by atoms with Gasteiger partial charge in [-0.15, -0.1) is 0 Å². The predicted octanol–water partition coefficient (Wildman–Crippen LogP) is 3.67. The molecule has 0 spiro atoms. The lowest BCUT2D eigenvalue weighted by atomic mass is 10.1. The number of benzene rings is 2. The standard InChI is InChI=1S/C17H11F2N5O/c18-10-5-11(19)7-13(6-10)25-12-3-1-9(2-4-12)15-14-16(20)21-8-22-17(14)24-23-15/h1-8H,(H3,20,21,22,23,24). The maximum Gasteiger partial charge on any atom is 0.186 e. The summed E-state index contributed by atoms with van der Waals surface area (Å²) in [6, 6.07) is 9.88. The van der Waals surface area contributed by atoms with Gasteiger partial charge >= 0.3 is 0 Å². The van der Waals surface area contributed by atoms with Gasteiger partial charge in [0, 0.05) is 23.8 Å². The van der Waals surface area contributed by atoms with Gasteiger partial charge in [0.05, 0.1) is 11.1 Å². The van der Waals surface area contributed by atoms with E-state index in [1.807, 2.05) is 0 Å². The van der Waals surface area contributed by atoms with Gasteiger partial charge in [0.1, 0.15) is 35.3 Å². The number of anilines is 1. The molecule has 0 aliphatic carbocycles. The molecule has 4 aromatic rings. The van der Waals surface area contributed by atoms with Gasteiger partial charge in [-0.2, -0.15) is 5.10 Å². The second-order valence-corrected chi connectivity index (χ2v) is 5.29. The second-order valence-electron chi connectivity index (χ2n) is 5.29. The highest BCUT2D eigenvalue weighted by molar-refractivity contribution is 5.97. The van der Waals surface area contributed by atoms with Crippen molar-refractivity contribution in [3.63, 3.8) is 0 Å². The number of nitrogen functional groups attached to an aromatic ring is 1. The van der Waals surface area contributed by atoms with Crippen molar-refractivity contribution in [3.8, 4) is 22.8 Å². The summed E-state index contributed by atoms with van der Waals surface area (Å²) in [5, 5.41) is 7.61. The Morgan fingerprint density at radius 3 is 2.36 bits per heavy atom. The molecule has 3 N–H and O–H groups in total. The highest BCUT2D eigenvalue weighted by Crippen LogP contribution is 2.30. The van der Waals surface area contributed by atoms with Crippen LogP contribution in [0.2, 0.25) is 0 Å². The van der Waals surface area contributed by atoms with E-state index < -0.39 is 11.6 Å². The molecule has 124 valence electrons. The molecule has 0 fully saturated rings. The first-order valence-corrected chi connectivity index (χ1v) is 7.29. The Hall–Kier alpha value is -3.55. The monoisotopic (exact) mass is 339 g/mol. The number of rotatable bonds is 3. The third-order valence-electron chi connectivity index (χ3n) is 3.59. The van der Waals surface area contributed by atoms with Crippen LogP contribution in [0.3, 0.4) is 0 Å². The summed E-state index contributed by atoms with van der Waals surface area (Å²) >= 11 is 0. The number of H-pyrrole nitrogens is 1. The molecule has 0 aliphatic rings. The van der Waals surface area contributed by atoms with Crippen molar-refractivity contribution in [2.75, 3.05) is 5.73 Å². The maximum atomic E-state index is 13.2. The van der Waals surface area contributed by atoms with Crippen LogP contribution in [0.5, 0.6) is 11.5 Å². The fourth-order valence-electron chi connectivity index (χ4n) is 2.50. The third kappa shape index (κ3) is 2.85. The molecule has 25 heavy (non-hydrogen) atoms. The van der Waals surface area contributed by atoms with Crippen LogP contribution >= 0.6 is 0 Å². The SMILES string of the molecule is Nc1ncnc2n[nH]c(-c3ccc(Oc4cc(F)cc(F)c4)cc3)c12. The average molecular weight is 339 g/mol. The number of aromatic nitrogens is 4. The Morgan fingerprint density at radius 1 is 0.920 bits per heavy atom. The number of halogens is 2. The van der Waals surface area contributed by atoms with Crippen LogP contribution in [0, 0.1) is 11.6 Å². The van der Waals surface area contributed by atoms with Crippen molar-refractivity contribution in [1.29, 1.82) is 0 Å². The van der Waals surface area contributed by atoms with E-state index in [1.54, 1.807) is 24.3 Å². The van der Waals surface area contributed by atoms with Crippen LogP contribution in [-0.4, -0.2) is 20.2 Å². The zero-order valence-corrected chi connectivity index (χ0v) is 12.7. The van der Waals surface area contributed by atoms with Crippen molar-refractivity contribution >= 4 is 16.9 Å². The first-order valence-electron chi connectivity index (χ1n) is 7.29. The average Bonchev–Trinajstić information content (AvgIpc) is 3.00. The topological polar surface area (TPSA) is 89.7 Å². The first-order chi connectivity index (χ1) is 12.1. The van der Waals surface area contributed by atoms with Gasteiger partial charge < -0.3 is 10.5 Å². The van der Waals surface area contributed by atoms with Crippen LogP contribution in [0.1, 0.15) is 0 Å². The minimum Gasteiger partial charge on any atom is -0.457 e. The number of nitrogens with zero attached hydrogens (tertiary/aromatic N) is 3. The minimum absolute atomic E-state index is 0.0786. The van der Waals surface area contributed by atoms with E-state index in [0.29, 0.717) is 28.3 Å². The Kier molecular flexibility index (Phi) is 3.50. The number of ether oxygens (including phenoxy) is 1. The molecule has 0 unspecified atom stereocenters. The Balaban J connectivity index is 1.65. The molecule has 2 aromatic carbocycles. The van der Waals surface area contributed by atoms with Crippen LogP contribution in [0.25, 0.3) is 22.3 Å². The van der Waals surface area contributed by atoms with E-state index >= 15 is 0 Å². The van der Waals surface area contributed by atoms with E-state index in [4.69, 9.17) is 10.5 Å². The molecule has 0 saturated heterocycles. The fourth-order valence-corrected chi connectivity index (χ4v) is 2.50. The molecule has 0 atom stereocenters. The zero-order valence-electron chi connectivity index (χ0n) is 12.7. The summed E-state index contributed by atoms with van der Waals surface area (Å²) in [6.07, 6.45) is 1.34. The summed E-state index contributed by atoms with van der Waals surface area (Å²) in [5.41, 5.74) is 7.83. The third-order valence-corrected chi connectivity index (χ3v) is 3.59. The van der Waals surface area contributed by atoms with E-state index in [0.717, 1.165) is 23.8 Å². The lowest BCUT2D eigenvalue weighted by Gasteiger charge is -2.07. The van der Waals surface area contributed by atoms with E-state index in [-0.39, 0.29) is 5.75 Å². The van der Waals surface area contributed by atoms with Crippen LogP contribution in [-0.2, 0) is 0 Å². The van der Waals surface area contributed by atoms with Crippen molar-refractivity contribution < 1.29 is 13.5 Å². The van der Waals surface area contributed by atoms with Crippen LogP contribution < -0.4 is 10.5 Å². The summed E-state index contributed by atoms with van der Waals surface area (Å²) < 4.78 is 31.9. The molecular weight excluding hydrogens is 328 g/mol. The maximum absolute atomic E-state index is 13.2. The highest BCUT2D eigenvalue weighted by atomic mass is 19.1. The van der Waals surface area contributed by atoms with Gasteiger partial charge in [-0.25, -0.2) is 18.7 Å². The van der Waals surface area contributed by atoms with E-state index in [9.17, 15) is 8.78 Å². The zero-order chi connectivity index (χ0) is 17.4. The van der Waals surface area contributed by atoms with Gasteiger partial charge in [-0.1, -0.05) is 0 Å². The molecule has 6 nitrogen and oxygen atoms in total. The number of nitrogens with two attached hydrogens (primary N) is 1. The summed E-state index contributed by atoms with van der Waals surface area (Å²) in [6.45, 7) is 0. The Morgan fingerprint density at radius 2 is 1.64 bits per heavy atom. The molecule has 0 bridgehead atoms. The van der Waals surface area contributed by atoms with Crippen molar-refractivity contribution in [2.24, 2.45) is 0 Å². The molecule has 2 heterocycles. The lowest BCUT2D eigenvalue weighted by Crippen LogP contribution is -1.92. The van der Waals surface area contributed by atoms with Crippen LogP contribution in [0.4, 0.5) is 14.6 Å². The molecule has 0 radical (unpaired) electrons.